The Balaban J connectivity index is 2.77. The second-order valence-corrected chi connectivity index (χ2v) is 3.45. The molecular formula is C12H14N2O. The van der Waals surface area contributed by atoms with Gasteiger partial charge >= 0.3 is 0 Å². The van der Waals surface area contributed by atoms with Crippen LogP contribution in [0.15, 0.2) is 24.3 Å². The Morgan fingerprint density at radius 2 is 2.13 bits per heavy atom. The molecule has 0 bridgehead atoms. The molecule has 15 heavy (non-hydrogen) atoms. The van der Waals surface area contributed by atoms with E-state index in [1.54, 1.807) is 18.0 Å². The van der Waals surface area contributed by atoms with Crippen molar-refractivity contribution in [3.63, 3.8) is 0 Å². The zero-order valence-electron chi connectivity index (χ0n) is 9.03. The van der Waals surface area contributed by atoms with E-state index in [0.29, 0.717) is 18.5 Å². The minimum absolute atomic E-state index is 0.0247. The molecule has 0 aliphatic rings. The largest absolute Gasteiger partial charge is 0.341 e. The third-order valence-corrected chi connectivity index (χ3v) is 2.28. The predicted octanol–water partition coefficient (Wildman–Crippen LogP) is 1.98. The van der Waals surface area contributed by atoms with Gasteiger partial charge in [-0.2, -0.15) is 5.26 Å². The first kappa shape index (κ1) is 11.3. The number of aryl methyl sites for hydroxylation is 1. The Morgan fingerprint density at radius 1 is 1.47 bits per heavy atom. The van der Waals surface area contributed by atoms with Crippen molar-refractivity contribution in [2.45, 2.75) is 13.3 Å². The van der Waals surface area contributed by atoms with Crippen LogP contribution in [0.5, 0.6) is 0 Å². The number of hydrogen-bond donors (Lipinski definition) is 0. The van der Waals surface area contributed by atoms with Crippen molar-refractivity contribution in [3.8, 4) is 6.07 Å². The molecular weight excluding hydrogens is 188 g/mol. The average molecular weight is 202 g/mol. The summed E-state index contributed by atoms with van der Waals surface area (Å²) in [6, 6.07) is 9.49. The van der Waals surface area contributed by atoms with Crippen LogP contribution in [0.1, 0.15) is 22.3 Å². The maximum Gasteiger partial charge on any atom is 0.253 e. The number of amides is 1. The third-order valence-electron chi connectivity index (χ3n) is 2.28. The number of nitrogens with zero attached hydrogens (tertiary/aromatic N) is 2. The molecule has 0 atom stereocenters. The van der Waals surface area contributed by atoms with Crippen molar-refractivity contribution >= 4 is 5.91 Å². The lowest BCUT2D eigenvalue weighted by Crippen LogP contribution is -2.28. The number of benzene rings is 1. The Labute approximate surface area is 89.9 Å². The van der Waals surface area contributed by atoms with Gasteiger partial charge in [0, 0.05) is 19.2 Å². The Morgan fingerprint density at radius 3 is 2.73 bits per heavy atom. The van der Waals surface area contributed by atoms with Gasteiger partial charge < -0.3 is 4.90 Å². The molecule has 0 fully saturated rings. The molecule has 78 valence electrons. The van der Waals surface area contributed by atoms with Gasteiger partial charge in [-0.15, -0.1) is 0 Å². The van der Waals surface area contributed by atoms with Gasteiger partial charge in [-0.25, -0.2) is 0 Å². The highest BCUT2D eigenvalue weighted by Gasteiger charge is 2.12. The van der Waals surface area contributed by atoms with E-state index in [0.717, 1.165) is 5.56 Å². The van der Waals surface area contributed by atoms with Crippen molar-refractivity contribution in [2.75, 3.05) is 13.6 Å². The minimum Gasteiger partial charge on any atom is -0.341 e. The smallest absolute Gasteiger partial charge is 0.253 e. The normalized spacial score (nSPS) is 9.40. The van der Waals surface area contributed by atoms with E-state index in [2.05, 4.69) is 0 Å². The molecule has 1 aromatic rings. The van der Waals surface area contributed by atoms with Gasteiger partial charge in [-0.1, -0.05) is 18.2 Å². The summed E-state index contributed by atoms with van der Waals surface area (Å²) in [7, 11) is 1.71. The number of nitriles is 1. The van der Waals surface area contributed by atoms with Gasteiger partial charge in [0.25, 0.3) is 5.91 Å². The van der Waals surface area contributed by atoms with Crippen LogP contribution >= 0.6 is 0 Å². The summed E-state index contributed by atoms with van der Waals surface area (Å²) in [5.41, 5.74) is 1.67. The second kappa shape index (κ2) is 5.16. The van der Waals surface area contributed by atoms with E-state index >= 15 is 0 Å². The molecule has 1 aromatic carbocycles. The third kappa shape index (κ3) is 2.81. The van der Waals surface area contributed by atoms with Crippen molar-refractivity contribution in [3.05, 3.63) is 35.4 Å². The van der Waals surface area contributed by atoms with Gasteiger partial charge in [0.15, 0.2) is 0 Å². The van der Waals surface area contributed by atoms with Crippen molar-refractivity contribution in [1.82, 2.24) is 4.90 Å². The fourth-order valence-electron chi connectivity index (χ4n) is 1.34. The lowest BCUT2D eigenvalue weighted by molar-refractivity contribution is 0.0797. The summed E-state index contributed by atoms with van der Waals surface area (Å²) < 4.78 is 0. The van der Waals surface area contributed by atoms with Gasteiger partial charge in [0.05, 0.1) is 12.5 Å². The van der Waals surface area contributed by atoms with Gasteiger partial charge in [-0.3, -0.25) is 4.79 Å². The minimum atomic E-state index is -0.0247. The van der Waals surface area contributed by atoms with E-state index in [9.17, 15) is 4.79 Å². The fraction of sp³-hybridized carbons (Fsp3) is 0.333. The van der Waals surface area contributed by atoms with E-state index < -0.39 is 0 Å². The zero-order valence-corrected chi connectivity index (χ0v) is 9.03. The molecule has 0 N–H and O–H groups in total. The first-order valence-corrected chi connectivity index (χ1v) is 4.85. The standard InChI is InChI=1S/C12H14N2O/c1-10-6-3-4-7-11(10)12(15)14(2)9-5-8-13/h3-4,6-7H,5,9H2,1-2H3. The van der Waals surface area contributed by atoms with Crippen molar-refractivity contribution < 1.29 is 4.79 Å². The lowest BCUT2D eigenvalue weighted by atomic mass is 10.1. The van der Waals surface area contributed by atoms with Crippen LogP contribution in [-0.2, 0) is 0 Å². The van der Waals surface area contributed by atoms with Crippen LogP contribution in [-0.4, -0.2) is 24.4 Å². The van der Waals surface area contributed by atoms with Crippen LogP contribution in [0.2, 0.25) is 0 Å². The summed E-state index contributed by atoms with van der Waals surface area (Å²) in [4.78, 5) is 13.5. The summed E-state index contributed by atoms with van der Waals surface area (Å²) in [6.45, 7) is 2.38. The van der Waals surface area contributed by atoms with Crippen LogP contribution in [0.3, 0.4) is 0 Å². The zero-order chi connectivity index (χ0) is 11.3. The maximum atomic E-state index is 11.9. The summed E-state index contributed by atoms with van der Waals surface area (Å²) in [5.74, 6) is -0.0247. The molecule has 0 spiro atoms. The van der Waals surface area contributed by atoms with Gasteiger partial charge in [0.1, 0.15) is 0 Å². The SMILES string of the molecule is Cc1ccccc1C(=O)N(C)CCC#N. The second-order valence-electron chi connectivity index (χ2n) is 3.45. The summed E-state index contributed by atoms with van der Waals surface area (Å²) in [6.07, 6.45) is 0.369. The number of carbonyl (C=O) groups excluding carboxylic acids is 1. The Bertz CT molecular complexity index is 393. The molecule has 0 heterocycles. The maximum absolute atomic E-state index is 11.9. The number of rotatable bonds is 3. The molecule has 0 saturated heterocycles. The van der Waals surface area contributed by atoms with Gasteiger partial charge in [-0.05, 0) is 18.6 Å². The van der Waals surface area contributed by atoms with Crippen LogP contribution < -0.4 is 0 Å². The highest BCUT2D eigenvalue weighted by Crippen LogP contribution is 2.09. The van der Waals surface area contributed by atoms with Crippen molar-refractivity contribution in [1.29, 1.82) is 5.26 Å². The molecule has 0 aliphatic carbocycles. The van der Waals surface area contributed by atoms with E-state index in [4.69, 9.17) is 5.26 Å². The molecule has 0 unspecified atom stereocenters. The quantitative estimate of drug-likeness (QED) is 0.752. The summed E-state index contributed by atoms with van der Waals surface area (Å²) in [5, 5.41) is 8.43. The molecule has 1 amide bonds. The average Bonchev–Trinajstić information content (AvgIpc) is 2.25. The number of hydrogen-bond acceptors (Lipinski definition) is 2. The molecule has 0 aliphatic heterocycles. The first-order chi connectivity index (χ1) is 7.16. The highest BCUT2D eigenvalue weighted by molar-refractivity contribution is 5.95. The number of carbonyl (C=O) groups is 1. The van der Waals surface area contributed by atoms with Crippen LogP contribution in [0.4, 0.5) is 0 Å². The topological polar surface area (TPSA) is 44.1 Å². The molecule has 3 nitrogen and oxygen atoms in total. The lowest BCUT2D eigenvalue weighted by Gasteiger charge is -2.16. The summed E-state index contributed by atoms with van der Waals surface area (Å²) >= 11 is 0. The first-order valence-electron chi connectivity index (χ1n) is 4.85. The van der Waals surface area contributed by atoms with E-state index in [1.165, 1.54) is 0 Å². The van der Waals surface area contributed by atoms with Gasteiger partial charge in [0.2, 0.25) is 0 Å². The Kier molecular flexibility index (Phi) is 3.87. The van der Waals surface area contributed by atoms with Crippen LogP contribution in [0, 0.1) is 18.3 Å². The van der Waals surface area contributed by atoms with E-state index in [1.807, 2.05) is 31.2 Å². The molecule has 0 saturated carbocycles. The molecule has 3 heteroatoms. The monoisotopic (exact) mass is 202 g/mol. The highest BCUT2D eigenvalue weighted by atomic mass is 16.2. The Hall–Kier alpha value is -1.82. The molecule has 1 rings (SSSR count). The van der Waals surface area contributed by atoms with Crippen molar-refractivity contribution in [2.24, 2.45) is 0 Å². The predicted molar refractivity (Wildman–Crippen MR) is 58.4 cm³/mol. The van der Waals surface area contributed by atoms with Crippen LogP contribution in [0.25, 0.3) is 0 Å². The van der Waals surface area contributed by atoms with E-state index in [-0.39, 0.29) is 5.91 Å². The fourth-order valence-corrected chi connectivity index (χ4v) is 1.34. The molecule has 0 aromatic heterocycles. The molecule has 0 radical (unpaired) electrons.